The van der Waals surface area contributed by atoms with Crippen LogP contribution in [0.1, 0.15) is 51.7 Å². The molecule has 2 rings (SSSR count). The van der Waals surface area contributed by atoms with Crippen molar-refractivity contribution in [3.63, 3.8) is 0 Å². The Balaban J connectivity index is 2.48. The van der Waals surface area contributed by atoms with Crippen LogP contribution in [0.25, 0.3) is 0 Å². The summed E-state index contributed by atoms with van der Waals surface area (Å²) >= 11 is 8.82. The molecule has 0 aliphatic carbocycles. The highest BCUT2D eigenvalue weighted by molar-refractivity contribution is 9.11. The van der Waals surface area contributed by atoms with Gasteiger partial charge in [0.2, 0.25) is 11.4 Å². The third kappa shape index (κ3) is 7.26. The van der Waals surface area contributed by atoms with E-state index in [-0.39, 0.29) is 19.6 Å². The van der Waals surface area contributed by atoms with Crippen molar-refractivity contribution in [3.05, 3.63) is 50.4 Å². The zero-order valence-electron chi connectivity index (χ0n) is 21.2. The predicted octanol–water partition coefficient (Wildman–Crippen LogP) is 6.04. The summed E-state index contributed by atoms with van der Waals surface area (Å²) in [5.74, 6) is -1.16. The highest BCUT2D eigenvalue weighted by Gasteiger charge is 2.50. The fourth-order valence-electron chi connectivity index (χ4n) is 3.65. The van der Waals surface area contributed by atoms with E-state index in [1.54, 1.807) is 32.7 Å². The zero-order chi connectivity index (χ0) is 27.0. The monoisotopic (exact) mass is 643 g/mol. The van der Waals surface area contributed by atoms with Crippen molar-refractivity contribution in [2.75, 3.05) is 20.3 Å². The lowest BCUT2D eigenvalue weighted by Gasteiger charge is -2.30. The van der Waals surface area contributed by atoms with E-state index in [9.17, 15) is 14.4 Å². The number of halogens is 2. The number of benzene rings is 2. The number of carbonyl (C=O) groups is 3. The molecule has 0 aliphatic rings. The molecule has 1 N–H and O–H groups in total. The van der Waals surface area contributed by atoms with E-state index < -0.39 is 23.4 Å². The normalized spacial score (nSPS) is 11.2. The molecule has 2 aromatic rings. The van der Waals surface area contributed by atoms with E-state index in [2.05, 4.69) is 57.1 Å². The van der Waals surface area contributed by atoms with Gasteiger partial charge in [0, 0.05) is 32.1 Å². The number of hydrogen-bond acceptors (Lipinski definition) is 7. The minimum absolute atomic E-state index is 0.0444. The van der Waals surface area contributed by atoms with E-state index in [1.807, 2.05) is 24.3 Å². The third-order valence-electron chi connectivity index (χ3n) is 5.21. The summed E-state index contributed by atoms with van der Waals surface area (Å²) in [6, 6.07) is 9.67. The van der Waals surface area contributed by atoms with E-state index >= 15 is 0 Å². The SMILES string of the molecule is CCOC(=O)C(Cc1cc(Br)c(Sc2ccc(OC)c(C(C)C)c2)c(Br)c1)(NC(C)=O)C(=O)OCC. The van der Waals surface area contributed by atoms with Gasteiger partial charge >= 0.3 is 11.9 Å². The highest BCUT2D eigenvalue weighted by Crippen LogP contribution is 2.42. The number of carbonyl (C=O) groups excluding carboxylic acids is 3. The molecule has 0 aliphatic heterocycles. The quantitative estimate of drug-likeness (QED) is 0.236. The van der Waals surface area contributed by atoms with Crippen molar-refractivity contribution in [2.45, 2.75) is 62.3 Å². The Bertz CT molecular complexity index is 1080. The summed E-state index contributed by atoms with van der Waals surface area (Å²) in [5.41, 5.74) is -0.283. The lowest BCUT2D eigenvalue weighted by Crippen LogP contribution is -2.62. The number of methoxy groups -OCH3 is 1. The van der Waals surface area contributed by atoms with E-state index in [1.165, 1.54) is 6.92 Å². The first kappa shape index (κ1) is 30.2. The number of hydrogen-bond donors (Lipinski definition) is 1. The minimum atomic E-state index is -2.01. The molecule has 0 radical (unpaired) electrons. The molecule has 2 aromatic carbocycles. The molecule has 0 heterocycles. The van der Waals surface area contributed by atoms with Crippen molar-refractivity contribution >= 4 is 61.5 Å². The summed E-state index contributed by atoms with van der Waals surface area (Å²) in [7, 11) is 1.66. The van der Waals surface area contributed by atoms with Crippen LogP contribution >= 0.6 is 43.6 Å². The first-order valence-electron chi connectivity index (χ1n) is 11.5. The van der Waals surface area contributed by atoms with Crippen LogP contribution in [0, 0.1) is 0 Å². The van der Waals surface area contributed by atoms with Crippen molar-refractivity contribution in [1.82, 2.24) is 5.32 Å². The van der Waals surface area contributed by atoms with Crippen LogP contribution < -0.4 is 10.1 Å². The van der Waals surface area contributed by atoms with Crippen LogP contribution in [-0.2, 0) is 30.3 Å². The van der Waals surface area contributed by atoms with Crippen LogP contribution in [0.2, 0.25) is 0 Å². The molecule has 7 nitrogen and oxygen atoms in total. The van der Waals surface area contributed by atoms with Gasteiger partial charge in [-0.25, -0.2) is 9.59 Å². The average molecular weight is 645 g/mol. The molecule has 0 bridgehead atoms. The first-order valence-corrected chi connectivity index (χ1v) is 13.9. The van der Waals surface area contributed by atoms with Crippen molar-refractivity contribution in [1.29, 1.82) is 0 Å². The molecule has 36 heavy (non-hydrogen) atoms. The highest BCUT2D eigenvalue weighted by atomic mass is 79.9. The van der Waals surface area contributed by atoms with Gasteiger partial charge in [-0.1, -0.05) is 25.6 Å². The van der Waals surface area contributed by atoms with Gasteiger partial charge in [-0.2, -0.15) is 0 Å². The molecular formula is C26H31Br2NO6S. The second kappa shape index (κ2) is 13.5. The topological polar surface area (TPSA) is 90.9 Å². The van der Waals surface area contributed by atoms with Crippen molar-refractivity contribution in [3.8, 4) is 5.75 Å². The zero-order valence-corrected chi connectivity index (χ0v) is 25.2. The summed E-state index contributed by atoms with van der Waals surface area (Å²) in [5, 5.41) is 2.50. The van der Waals surface area contributed by atoms with Gasteiger partial charge < -0.3 is 19.5 Å². The lowest BCUT2D eigenvalue weighted by atomic mass is 9.90. The molecular weight excluding hydrogens is 614 g/mol. The van der Waals surface area contributed by atoms with Gasteiger partial charge in [0.1, 0.15) is 5.75 Å². The second-order valence-electron chi connectivity index (χ2n) is 8.25. The molecule has 0 fully saturated rings. The van der Waals surface area contributed by atoms with Gasteiger partial charge in [0.15, 0.2) is 0 Å². The second-order valence-corrected chi connectivity index (χ2v) is 11.0. The van der Waals surface area contributed by atoms with Crippen LogP contribution in [0.4, 0.5) is 0 Å². The maximum absolute atomic E-state index is 13.0. The first-order chi connectivity index (χ1) is 17.0. The summed E-state index contributed by atoms with van der Waals surface area (Å²) in [6.45, 7) is 8.81. The molecule has 0 spiro atoms. The fourth-order valence-corrected chi connectivity index (χ4v) is 6.28. The molecule has 0 atom stereocenters. The van der Waals surface area contributed by atoms with E-state index in [0.29, 0.717) is 11.5 Å². The van der Waals surface area contributed by atoms with E-state index in [4.69, 9.17) is 14.2 Å². The Kier molecular flexibility index (Phi) is 11.3. The molecule has 1 amide bonds. The number of nitrogens with one attached hydrogen (secondary N) is 1. The van der Waals surface area contributed by atoms with Gasteiger partial charge in [0.05, 0.1) is 20.3 Å². The Morgan fingerprint density at radius 1 is 1.00 bits per heavy atom. The van der Waals surface area contributed by atoms with Gasteiger partial charge in [-0.3, -0.25) is 4.79 Å². The van der Waals surface area contributed by atoms with Gasteiger partial charge in [-0.05, 0) is 93.1 Å². The number of amides is 1. The Labute approximate surface area is 233 Å². The standard InChI is InChI=1S/C26H31Br2NO6S/c1-7-34-24(31)26(29-16(5)30,25(32)35-8-2)14-17-11-20(27)23(21(28)12-17)36-18-9-10-22(33-6)19(13-18)15(3)4/h9-13,15H,7-8,14H2,1-6H3,(H,29,30). The largest absolute Gasteiger partial charge is 0.496 e. The summed E-state index contributed by atoms with van der Waals surface area (Å²) in [4.78, 5) is 39.9. The van der Waals surface area contributed by atoms with Crippen molar-refractivity contribution in [2.24, 2.45) is 0 Å². The maximum Gasteiger partial charge on any atom is 0.344 e. The van der Waals surface area contributed by atoms with Crippen LogP contribution in [0.5, 0.6) is 5.75 Å². The minimum Gasteiger partial charge on any atom is -0.496 e. The van der Waals surface area contributed by atoms with Crippen LogP contribution in [0.3, 0.4) is 0 Å². The van der Waals surface area contributed by atoms with Crippen LogP contribution in [0.15, 0.2) is 49.1 Å². The molecule has 10 heteroatoms. The van der Waals surface area contributed by atoms with Gasteiger partial charge in [-0.15, -0.1) is 0 Å². The third-order valence-corrected chi connectivity index (χ3v) is 8.12. The molecule has 0 saturated carbocycles. The molecule has 0 aromatic heterocycles. The smallest absolute Gasteiger partial charge is 0.344 e. The Morgan fingerprint density at radius 2 is 1.56 bits per heavy atom. The Morgan fingerprint density at radius 3 is 2.00 bits per heavy atom. The van der Waals surface area contributed by atoms with E-state index in [0.717, 1.165) is 30.0 Å². The van der Waals surface area contributed by atoms with Crippen LogP contribution in [-0.4, -0.2) is 43.7 Å². The predicted molar refractivity (Wildman–Crippen MR) is 147 cm³/mol. The molecule has 196 valence electrons. The molecule has 0 saturated heterocycles. The lowest BCUT2D eigenvalue weighted by molar-refractivity contribution is -0.168. The Hall–Kier alpha value is -2.04. The van der Waals surface area contributed by atoms with Crippen molar-refractivity contribution < 1.29 is 28.6 Å². The number of rotatable bonds is 11. The number of esters is 2. The summed E-state index contributed by atoms with van der Waals surface area (Å²) in [6.07, 6.45) is -0.146. The average Bonchev–Trinajstić information content (AvgIpc) is 2.80. The van der Waals surface area contributed by atoms with Gasteiger partial charge in [0.25, 0.3) is 0 Å². The summed E-state index contributed by atoms with van der Waals surface area (Å²) < 4.78 is 17.3. The molecule has 0 unspecified atom stereocenters. The fraction of sp³-hybridized carbons (Fsp3) is 0.423. The maximum atomic E-state index is 13.0. The number of ether oxygens (including phenoxy) is 3.